The Hall–Kier alpha value is -4.03. The summed E-state index contributed by atoms with van der Waals surface area (Å²) in [5, 5.41) is 11.1. The van der Waals surface area contributed by atoms with Gasteiger partial charge in [0.25, 0.3) is 5.56 Å². The number of aryl methyl sites for hydroxylation is 3. The molecule has 4 rings (SSSR count). The Balaban J connectivity index is 1.95. The number of hydrogen-bond acceptors (Lipinski definition) is 4. The third-order valence-corrected chi connectivity index (χ3v) is 5.94. The first kappa shape index (κ1) is 23.1. The second kappa shape index (κ2) is 9.45. The van der Waals surface area contributed by atoms with Crippen molar-refractivity contribution in [2.24, 2.45) is 0 Å². The normalized spacial score (nSPS) is 11.1. The number of nitrogens with zero attached hydrogens (tertiary/aromatic N) is 2. The topological polar surface area (TPSA) is 64.2 Å². The maximum atomic E-state index is 13.5. The van der Waals surface area contributed by atoms with Gasteiger partial charge in [-0.05, 0) is 68.9 Å². The first-order valence-corrected chi connectivity index (χ1v) is 11.2. The van der Waals surface area contributed by atoms with E-state index in [1.165, 1.54) is 15.2 Å². The van der Waals surface area contributed by atoms with Gasteiger partial charge in [0, 0.05) is 0 Å². The minimum absolute atomic E-state index is 0.0641. The third-order valence-electron chi connectivity index (χ3n) is 5.57. The van der Waals surface area contributed by atoms with Gasteiger partial charge in [0.15, 0.2) is 10.6 Å². The van der Waals surface area contributed by atoms with E-state index >= 15 is 0 Å². The van der Waals surface area contributed by atoms with Crippen LogP contribution < -0.4 is 5.56 Å². The Bertz CT molecular complexity index is 1510. The average molecular weight is 469 g/mol. The number of carbonyl (C=O) groups excluding carboxylic acids is 1. The number of hydrogen-bond donors (Lipinski definition) is 1. The molecule has 3 aromatic carbocycles. The maximum Gasteiger partial charge on any atom is 0.274 e. The predicted octanol–water partition coefficient (Wildman–Crippen LogP) is 5.88. The van der Waals surface area contributed by atoms with Crippen molar-refractivity contribution < 1.29 is 9.90 Å². The van der Waals surface area contributed by atoms with E-state index in [1.54, 1.807) is 30.3 Å². The molecule has 0 aliphatic carbocycles. The number of ketones is 1. The van der Waals surface area contributed by atoms with E-state index in [1.807, 2.05) is 69.3 Å². The van der Waals surface area contributed by atoms with Crippen LogP contribution in [0.25, 0.3) is 17.5 Å². The number of carbonyl (C=O) groups is 1. The lowest BCUT2D eigenvalue weighted by atomic mass is 10.1. The molecule has 4 aromatic rings. The van der Waals surface area contributed by atoms with E-state index in [4.69, 9.17) is 12.2 Å². The van der Waals surface area contributed by atoms with Crippen molar-refractivity contribution in [2.45, 2.75) is 20.8 Å². The molecule has 1 N–H and O–H groups in total. The summed E-state index contributed by atoms with van der Waals surface area (Å²) < 4.78 is 2.69. The summed E-state index contributed by atoms with van der Waals surface area (Å²) in [6.45, 7) is 5.86. The Morgan fingerprint density at radius 2 is 1.21 bits per heavy atom. The van der Waals surface area contributed by atoms with Gasteiger partial charge >= 0.3 is 0 Å². The number of benzene rings is 3. The van der Waals surface area contributed by atoms with Crippen molar-refractivity contribution in [3.05, 3.63) is 122 Å². The molecule has 0 bridgehead atoms. The summed E-state index contributed by atoms with van der Waals surface area (Å²) in [7, 11) is 0. The van der Waals surface area contributed by atoms with Crippen LogP contribution in [0.5, 0.6) is 5.88 Å². The van der Waals surface area contributed by atoms with E-state index in [0.29, 0.717) is 11.4 Å². The lowest BCUT2D eigenvalue weighted by Crippen LogP contribution is -2.29. The van der Waals surface area contributed by atoms with Crippen LogP contribution in [0, 0.1) is 25.5 Å². The molecule has 0 unspecified atom stereocenters. The van der Waals surface area contributed by atoms with Gasteiger partial charge in [-0.15, -0.1) is 0 Å². The molecule has 34 heavy (non-hydrogen) atoms. The van der Waals surface area contributed by atoms with Gasteiger partial charge in [-0.2, -0.15) is 0 Å². The lowest BCUT2D eigenvalue weighted by Gasteiger charge is -2.17. The van der Waals surface area contributed by atoms with E-state index in [9.17, 15) is 14.7 Å². The molecular formula is C28H24N2O3S. The summed E-state index contributed by atoms with van der Waals surface area (Å²) in [6, 6.07) is 22.2. The van der Waals surface area contributed by atoms with Crippen LogP contribution in [0.4, 0.5) is 0 Å². The molecular weight excluding hydrogens is 444 g/mol. The highest BCUT2D eigenvalue weighted by atomic mass is 32.1. The van der Waals surface area contributed by atoms with Crippen molar-refractivity contribution in [2.75, 3.05) is 0 Å². The fraction of sp³-hybridized carbons (Fsp3) is 0.107. The molecule has 170 valence electrons. The van der Waals surface area contributed by atoms with Crippen LogP contribution in [0.15, 0.2) is 83.7 Å². The third kappa shape index (κ3) is 4.54. The quantitative estimate of drug-likeness (QED) is 0.226. The van der Waals surface area contributed by atoms with E-state index < -0.39 is 17.2 Å². The zero-order chi connectivity index (χ0) is 24.4. The van der Waals surface area contributed by atoms with Crippen molar-refractivity contribution in [3.63, 3.8) is 0 Å². The Labute approximate surface area is 202 Å². The van der Waals surface area contributed by atoms with Gasteiger partial charge in [0.05, 0.1) is 11.4 Å². The highest BCUT2D eigenvalue weighted by Crippen LogP contribution is 2.23. The van der Waals surface area contributed by atoms with Gasteiger partial charge in [0.1, 0.15) is 5.56 Å². The average Bonchev–Trinajstić information content (AvgIpc) is 2.81. The molecule has 1 aromatic heterocycles. The highest BCUT2D eigenvalue weighted by molar-refractivity contribution is 7.71. The van der Waals surface area contributed by atoms with Gasteiger partial charge in [0.2, 0.25) is 5.88 Å². The van der Waals surface area contributed by atoms with Crippen molar-refractivity contribution in [1.82, 2.24) is 9.13 Å². The molecule has 6 heteroatoms. The van der Waals surface area contributed by atoms with Crippen LogP contribution in [-0.2, 0) is 0 Å². The zero-order valence-electron chi connectivity index (χ0n) is 19.1. The zero-order valence-corrected chi connectivity index (χ0v) is 20.0. The van der Waals surface area contributed by atoms with Crippen LogP contribution in [0.3, 0.4) is 0 Å². The fourth-order valence-electron chi connectivity index (χ4n) is 3.59. The molecule has 1 heterocycles. The number of rotatable bonds is 5. The van der Waals surface area contributed by atoms with Crippen LogP contribution in [0.1, 0.15) is 32.6 Å². The molecule has 0 saturated carbocycles. The molecule has 0 saturated heterocycles. The van der Waals surface area contributed by atoms with Crippen LogP contribution in [-0.4, -0.2) is 20.0 Å². The van der Waals surface area contributed by atoms with Crippen LogP contribution >= 0.6 is 12.2 Å². The monoisotopic (exact) mass is 468 g/mol. The lowest BCUT2D eigenvalue weighted by molar-refractivity contribution is 0.104. The van der Waals surface area contributed by atoms with Gasteiger partial charge in [-0.3, -0.25) is 18.7 Å². The Kier molecular flexibility index (Phi) is 6.43. The molecule has 0 aliphatic rings. The SMILES string of the molecule is Cc1ccc(/C=C/C(=O)c2c(O)n(-c3ccc(C)cc3)c(=S)n(-c3ccc(C)cc3)c2=O)cc1. The molecule has 0 fully saturated rings. The fourth-order valence-corrected chi connectivity index (χ4v) is 3.97. The molecule has 0 radical (unpaired) electrons. The second-order valence-electron chi connectivity index (χ2n) is 8.24. The first-order chi connectivity index (χ1) is 16.3. The first-order valence-electron chi connectivity index (χ1n) is 10.8. The summed E-state index contributed by atoms with van der Waals surface area (Å²) in [5.41, 5.74) is 3.99. The Morgan fingerprint density at radius 1 is 0.765 bits per heavy atom. The summed E-state index contributed by atoms with van der Waals surface area (Å²) in [4.78, 5) is 26.7. The van der Waals surface area contributed by atoms with Crippen LogP contribution in [0.2, 0.25) is 0 Å². The summed E-state index contributed by atoms with van der Waals surface area (Å²) in [5.74, 6) is -1.10. The standard InChI is InChI=1S/C28H24N2O3S/c1-18-4-10-21(11-5-18)12-17-24(31)25-26(32)29(22-13-6-19(2)7-14-22)28(34)30(27(25)33)23-15-8-20(3)9-16-23/h4-17,32H,1-3H3/b17-12+. The molecule has 0 aliphatic heterocycles. The predicted molar refractivity (Wildman–Crippen MR) is 138 cm³/mol. The van der Waals surface area contributed by atoms with Crippen molar-refractivity contribution in [1.29, 1.82) is 0 Å². The van der Waals surface area contributed by atoms with E-state index in [-0.39, 0.29) is 10.3 Å². The van der Waals surface area contributed by atoms with E-state index in [0.717, 1.165) is 22.3 Å². The molecule has 0 amide bonds. The second-order valence-corrected chi connectivity index (χ2v) is 8.60. The molecule has 5 nitrogen and oxygen atoms in total. The number of aromatic hydroxyl groups is 1. The van der Waals surface area contributed by atoms with Crippen molar-refractivity contribution in [3.8, 4) is 17.3 Å². The number of aromatic nitrogens is 2. The molecule has 0 spiro atoms. The summed E-state index contributed by atoms with van der Waals surface area (Å²) >= 11 is 5.63. The van der Waals surface area contributed by atoms with Crippen molar-refractivity contribution >= 4 is 24.1 Å². The van der Waals surface area contributed by atoms with Gasteiger partial charge in [-0.1, -0.05) is 71.3 Å². The van der Waals surface area contributed by atoms with E-state index in [2.05, 4.69) is 0 Å². The van der Waals surface area contributed by atoms with Gasteiger partial charge in [-0.25, -0.2) is 0 Å². The smallest absolute Gasteiger partial charge is 0.274 e. The highest BCUT2D eigenvalue weighted by Gasteiger charge is 2.23. The number of allylic oxidation sites excluding steroid dienone is 1. The van der Waals surface area contributed by atoms with Gasteiger partial charge < -0.3 is 5.11 Å². The molecule has 0 atom stereocenters. The minimum Gasteiger partial charge on any atom is -0.493 e. The maximum absolute atomic E-state index is 13.5. The Morgan fingerprint density at radius 3 is 1.71 bits per heavy atom. The minimum atomic E-state index is -0.673. The largest absolute Gasteiger partial charge is 0.493 e. The summed E-state index contributed by atoms with van der Waals surface area (Å²) in [6.07, 6.45) is 2.91.